The number of methoxy groups -OCH3 is 1. The van der Waals surface area contributed by atoms with E-state index in [-0.39, 0.29) is 18.8 Å². The first kappa shape index (κ1) is 18.4. The average molecular weight is 288 g/mol. The molecule has 0 radical (unpaired) electrons. The molecule has 3 N–H and O–H groups in total. The normalized spacial score (nSPS) is 11.7. The highest BCUT2D eigenvalue weighted by Crippen LogP contribution is 2.06. The lowest BCUT2D eigenvalue weighted by molar-refractivity contribution is -0.138. The van der Waals surface area contributed by atoms with E-state index < -0.39 is 17.9 Å². The summed E-state index contributed by atoms with van der Waals surface area (Å²) in [6.45, 7) is 2.85. The predicted molar refractivity (Wildman–Crippen MR) is 73.3 cm³/mol. The zero-order valence-corrected chi connectivity index (χ0v) is 12.1. The third-order valence-corrected chi connectivity index (χ3v) is 2.62. The van der Waals surface area contributed by atoms with Crippen LogP contribution >= 0.6 is 0 Å². The molecule has 0 heterocycles. The van der Waals surface area contributed by atoms with Gasteiger partial charge in [0.1, 0.15) is 0 Å². The van der Waals surface area contributed by atoms with Crippen LogP contribution in [0.5, 0.6) is 0 Å². The molecule has 0 saturated carbocycles. The Morgan fingerprint density at radius 3 is 2.45 bits per heavy atom. The van der Waals surface area contributed by atoms with Gasteiger partial charge in [0.2, 0.25) is 5.91 Å². The topological polar surface area (TPSA) is 105 Å². The Labute approximate surface area is 119 Å². The molecular formula is C13H24N2O5. The lowest BCUT2D eigenvalue weighted by Crippen LogP contribution is -2.40. The zero-order chi connectivity index (χ0) is 15.4. The van der Waals surface area contributed by atoms with Gasteiger partial charge in [-0.25, -0.2) is 4.79 Å². The number of carbonyl (C=O) groups is 3. The van der Waals surface area contributed by atoms with Crippen molar-refractivity contribution in [1.82, 2.24) is 10.6 Å². The molecule has 7 heteroatoms. The Morgan fingerprint density at radius 2 is 1.85 bits per heavy atom. The Balaban J connectivity index is 3.64. The highest BCUT2D eigenvalue weighted by Gasteiger charge is 2.14. The van der Waals surface area contributed by atoms with Gasteiger partial charge >= 0.3 is 12.0 Å². The molecule has 1 atom stereocenters. The Kier molecular flexibility index (Phi) is 10.3. The molecule has 0 aromatic rings. The molecule has 116 valence electrons. The first-order valence-corrected chi connectivity index (χ1v) is 6.74. The second kappa shape index (κ2) is 11.2. The van der Waals surface area contributed by atoms with Gasteiger partial charge in [-0.1, -0.05) is 6.92 Å². The fourth-order valence-electron chi connectivity index (χ4n) is 1.66. The molecule has 0 bridgehead atoms. The quantitative estimate of drug-likeness (QED) is 0.523. The van der Waals surface area contributed by atoms with Gasteiger partial charge in [0, 0.05) is 33.1 Å². The van der Waals surface area contributed by atoms with E-state index in [1.165, 1.54) is 0 Å². The average Bonchev–Trinajstić information content (AvgIpc) is 2.32. The summed E-state index contributed by atoms with van der Waals surface area (Å²) in [7, 11) is 1.64. The maximum Gasteiger partial charge on any atom is 0.321 e. The van der Waals surface area contributed by atoms with Crippen LogP contribution in [0.3, 0.4) is 0 Å². The maximum absolute atomic E-state index is 11.4. The number of hydrogen-bond acceptors (Lipinski definition) is 4. The van der Waals surface area contributed by atoms with E-state index in [0.29, 0.717) is 13.2 Å². The van der Waals surface area contributed by atoms with E-state index in [9.17, 15) is 14.4 Å². The minimum absolute atomic E-state index is 0.0214. The number of ether oxygens (including phenoxy) is 1. The number of aliphatic carboxylic acids is 1. The molecule has 1 unspecified atom stereocenters. The highest BCUT2D eigenvalue weighted by molar-refractivity contribution is 5.94. The van der Waals surface area contributed by atoms with Crippen molar-refractivity contribution in [2.75, 3.05) is 20.3 Å². The van der Waals surface area contributed by atoms with Crippen LogP contribution in [0.15, 0.2) is 0 Å². The third-order valence-electron chi connectivity index (χ3n) is 2.62. The molecule has 3 amide bonds. The van der Waals surface area contributed by atoms with E-state index in [1.807, 2.05) is 0 Å². The molecule has 0 rings (SSSR count). The van der Waals surface area contributed by atoms with Crippen LogP contribution in [0, 0.1) is 5.92 Å². The minimum Gasteiger partial charge on any atom is -0.481 e. The van der Waals surface area contributed by atoms with Crippen molar-refractivity contribution in [3.05, 3.63) is 0 Å². The summed E-state index contributed by atoms with van der Waals surface area (Å²) in [5.74, 6) is -1.71. The van der Waals surface area contributed by atoms with Crippen LogP contribution in [0.2, 0.25) is 0 Å². The summed E-state index contributed by atoms with van der Waals surface area (Å²) in [5, 5.41) is 13.3. The van der Waals surface area contributed by atoms with E-state index in [2.05, 4.69) is 10.6 Å². The molecule has 0 aliphatic heterocycles. The Hall–Kier alpha value is -1.63. The number of unbranched alkanes of at least 4 members (excludes halogenated alkanes) is 2. The predicted octanol–water partition coefficient (Wildman–Crippen LogP) is 1.13. The molecule has 20 heavy (non-hydrogen) atoms. The van der Waals surface area contributed by atoms with Crippen LogP contribution in [-0.2, 0) is 14.3 Å². The fourth-order valence-corrected chi connectivity index (χ4v) is 1.66. The van der Waals surface area contributed by atoms with Crippen molar-refractivity contribution in [2.45, 2.75) is 39.0 Å². The summed E-state index contributed by atoms with van der Waals surface area (Å²) >= 11 is 0. The van der Waals surface area contributed by atoms with Crippen molar-refractivity contribution in [3.63, 3.8) is 0 Å². The van der Waals surface area contributed by atoms with Crippen molar-refractivity contribution in [2.24, 2.45) is 5.92 Å². The summed E-state index contributed by atoms with van der Waals surface area (Å²) in [6.07, 6.45) is 2.63. The van der Waals surface area contributed by atoms with Crippen LogP contribution in [0.4, 0.5) is 4.79 Å². The van der Waals surface area contributed by atoms with E-state index in [4.69, 9.17) is 9.84 Å². The summed E-state index contributed by atoms with van der Waals surface area (Å²) < 4.78 is 4.90. The van der Waals surface area contributed by atoms with Crippen molar-refractivity contribution < 1.29 is 24.2 Å². The minimum atomic E-state index is -0.953. The van der Waals surface area contributed by atoms with Crippen LogP contribution in [-0.4, -0.2) is 43.3 Å². The monoisotopic (exact) mass is 288 g/mol. The molecule has 0 spiro atoms. The Bertz CT molecular complexity index is 320. The van der Waals surface area contributed by atoms with Crippen LogP contribution < -0.4 is 10.6 Å². The third kappa shape index (κ3) is 11.5. The van der Waals surface area contributed by atoms with Gasteiger partial charge in [-0.15, -0.1) is 0 Å². The molecule has 0 aromatic carbocycles. The first-order chi connectivity index (χ1) is 9.45. The molecule has 0 aliphatic rings. The van der Waals surface area contributed by atoms with E-state index >= 15 is 0 Å². The van der Waals surface area contributed by atoms with Crippen molar-refractivity contribution in [1.29, 1.82) is 0 Å². The molecule has 7 nitrogen and oxygen atoms in total. The summed E-state index contributed by atoms with van der Waals surface area (Å²) in [5.41, 5.74) is 0. The number of rotatable bonds is 10. The number of amides is 3. The largest absolute Gasteiger partial charge is 0.481 e. The molecule has 0 aromatic heterocycles. The van der Waals surface area contributed by atoms with Gasteiger partial charge in [-0.05, 0) is 25.2 Å². The standard InChI is InChI=1S/C13H24N2O5/c1-10(9-12(17)18)8-11(16)15-13(19)14-6-4-3-5-7-20-2/h10H,3-9H2,1-2H3,(H,17,18)(H2,14,15,16,19). The number of urea groups is 1. The van der Waals surface area contributed by atoms with Crippen molar-refractivity contribution in [3.8, 4) is 0 Å². The highest BCUT2D eigenvalue weighted by atomic mass is 16.5. The first-order valence-electron chi connectivity index (χ1n) is 6.74. The zero-order valence-electron chi connectivity index (χ0n) is 12.1. The maximum atomic E-state index is 11.4. The summed E-state index contributed by atoms with van der Waals surface area (Å²) in [4.78, 5) is 33.2. The second-order valence-corrected chi connectivity index (χ2v) is 4.76. The SMILES string of the molecule is COCCCCCNC(=O)NC(=O)CC(C)CC(=O)O. The van der Waals surface area contributed by atoms with E-state index in [0.717, 1.165) is 19.3 Å². The number of carboxylic acids is 1. The second-order valence-electron chi connectivity index (χ2n) is 4.76. The number of hydrogen-bond donors (Lipinski definition) is 3. The lowest BCUT2D eigenvalue weighted by Gasteiger charge is -2.09. The molecule has 0 aliphatic carbocycles. The van der Waals surface area contributed by atoms with Crippen LogP contribution in [0.1, 0.15) is 39.0 Å². The number of nitrogens with one attached hydrogen (secondary N) is 2. The smallest absolute Gasteiger partial charge is 0.321 e. The lowest BCUT2D eigenvalue weighted by atomic mass is 10.0. The molecule has 0 saturated heterocycles. The molecular weight excluding hydrogens is 264 g/mol. The number of carbonyl (C=O) groups excluding carboxylic acids is 2. The van der Waals surface area contributed by atoms with Gasteiger partial charge < -0.3 is 15.2 Å². The van der Waals surface area contributed by atoms with Gasteiger partial charge in [0.25, 0.3) is 0 Å². The number of imide groups is 1. The molecule has 0 fully saturated rings. The van der Waals surface area contributed by atoms with Crippen molar-refractivity contribution >= 4 is 17.9 Å². The van der Waals surface area contributed by atoms with Gasteiger partial charge in [0.15, 0.2) is 0 Å². The van der Waals surface area contributed by atoms with E-state index in [1.54, 1.807) is 14.0 Å². The van der Waals surface area contributed by atoms with Gasteiger partial charge in [-0.3, -0.25) is 14.9 Å². The fraction of sp³-hybridized carbons (Fsp3) is 0.769. The number of carboxylic acid groups (broad SMARTS) is 1. The van der Waals surface area contributed by atoms with Gasteiger partial charge in [0.05, 0.1) is 0 Å². The summed E-state index contributed by atoms with van der Waals surface area (Å²) in [6, 6.07) is -0.538. The van der Waals surface area contributed by atoms with Crippen LogP contribution in [0.25, 0.3) is 0 Å². The van der Waals surface area contributed by atoms with Gasteiger partial charge in [-0.2, -0.15) is 0 Å². The Morgan fingerprint density at radius 1 is 1.15 bits per heavy atom.